The molecular weight excluding hydrogens is 190 g/mol. The van der Waals surface area contributed by atoms with Gasteiger partial charge in [-0.2, -0.15) is 0 Å². The van der Waals surface area contributed by atoms with Crippen molar-refractivity contribution in [1.29, 1.82) is 0 Å². The van der Waals surface area contributed by atoms with Crippen LogP contribution >= 0.6 is 0 Å². The molecular formula is C12H15NO2. The Morgan fingerprint density at radius 1 is 1.47 bits per heavy atom. The van der Waals surface area contributed by atoms with Crippen LogP contribution in [0.2, 0.25) is 0 Å². The minimum absolute atomic E-state index is 0.570. The van der Waals surface area contributed by atoms with Gasteiger partial charge in [-0.3, -0.25) is 0 Å². The third kappa shape index (κ3) is 2.98. The third-order valence-corrected chi connectivity index (χ3v) is 2.05. The highest BCUT2D eigenvalue weighted by atomic mass is 16.6. The number of rotatable bonds is 4. The van der Waals surface area contributed by atoms with Crippen molar-refractivity contribution >= 4 is 5.71 Å². The molecule has 1 rings (SSSR count). The summed E-state index contributed by atoms with van der Waals surface area (Å²) in [5, 5.41) is 3.95. The summed E-state index contributed by atoms with van der Waals surface area (Å²) in [6.45, 7) is 6.29. The Balaban J connectivity index is 2.92. The lowest BCUT2D eigenvalue weighted by Gasteiger charge is -2.06. The number of benzene rings is 1. The molecule has 0 fully saturated rings. The van der Waals surface area contributed by atoms with E-state index in [2.05, 4.69) is 9.89 Å². The van der Waals surface area contributed by atoms with E-state index in [0.29, 0.717) is 12.4 Å². The highest BCUT2D eigenvalue weighted by molar-refractivity contribution is 5.98. The van der Waals surface area contributed by atoms with Gasteiger partial charge >= 0.3 is 0 Å². The fraction of sp³-hybridized carbons (Fsp3) is 0.333. The summed E-state index contributed by atoms with van der Waals surface area (Å²) in [5.74, 6) is 0.669. The van der Waals surface area contributed by atoms with E-state index in [0.717, 1.165) is 16.8 Å². The largest absolute Gasteiger partial charge is 0.482 e. The molecule has 15 heavy (non-hydrogen) atoms. The van der Waals surface area contributed by atoms with Crippen molar-refractivity contribution in [2.75, 3.05) is 6.61 Å². The van der Waals surface area contributed by atoms with Crippen LogP contribution in [-0.4, -0.2) is 12.3 Å². The first-order valence-electron chi connectivity index (χ1n) is 4.83. The zero-order chi connectivity index (χ0) is 11.3. The SMILES string of the molecule is [CH]Oc1ccc(C(C)=NOCC)cc1C. The highest BCUT2D eigenvalue weighted by Crippen LogP contribution is 2.19. The van der Waals surface area contributed by atoms with Crippen LogP contribution in [0, 0.1) is 14.0 Å². The molecule has 0 spiro atoms. The number of nitrogens with zero attached hydrogens (tertiary/aromatic N) is 1. The van der Waals surface area contributed by atoms with Gasteiger partial charge < -0.3 is 9.57 Å². The van der Waals surface area contributed by atoms with Gasteiger partial charge in [0.1, 0.15) is 12.4 Å². The van der Waals surface area contributed by atoms with Crippen LogP contribution < -0.4 is 4.74 Å². The number of hydrogen-bond donors (Lipinski definition) is 0. The highest BCUT2D eigenvalue weighted by Gasteiger charge is 2.02. The quantitative estimate of drug-likeness (QED) is 0.559. The molecule has 0 atom stereocenters. The molecule has 0 aromatic heterocycles. The Bertz CT molecular complexity index is 359. The molecule has 3 heteroatoms. The fourth-order valence-corrected chi connectivity index (χ4v) is 1.22. The number of aryl methyl sites for hydroxylation is 1. The van der Waals surface area contributed by atoms with Crippen molar-refractivity contribution in [3.8, 4) is 5.75 Å². The fourth-order valence-electron chi connectivity index (χ4n) is 1.22. The molecule has 0 bridgehead atoms. The van der Waals surface area contributed by atoms with Gasteiger partial charge in [-0.05, 0) is 50.1 Å². The molecule has 0 amide bonds. The monoisotopic (exact) mass is 205 g/mol. The molecule has 2 radical (unpaired) electrons. The van der Waals surface area contributed by atoms with E-state index in [1.807, 2.05) is 39.0 Å². The van der Waals surface area contributed by atoms with Crippen LogP contribution in [0.4, 0.5) is 0 Å². The third-order valence-electron chi connectivity index (χ3n) is 2.05. The predicted molar refractivity (Wildman–Crippen MR) is 59.9 cm³/mol. The molecule has 1 aromatic carbocycles. The molecule has 80 valence electrons. The summed E-state index contributed by atoms with van der Waals surface area (Å²) in [5.41, 5.74) is 2.81. The Hall–Kier alpha value is -1.51. The molecule has 0 heterocycles. The minimum Gasteiger partial charge on any atom is -0.482 e. The standard InChI is InChI=1S/C12H15NO2/c1-5-15-13-10(3)11-6-7-12(14-4)9(2)8-11/h4,6-8H,5H2,1-3H3. The molecule has 1 aromatic rings. The number of oxime groups is 1. The van der Waals surface area contributed by atoms with Crippen molar-refractivity contribution in [1.82, 2.24) is 0 Å². The number of hydrogen-bond acceptors (Lipinski definition) is 3. The summed E-state index contributed by atoms with van der Waals surface area (Å²) in [7, 11) is 5.10. The van der Waals surface area contributed by atoms with E-state index >= 15 is 0 Å². The van der Waals surface area contributed by atoms with Crippen LogP contribution in [0.15, 0.2) is 23.4 Å². The maximum atomic E-state index is 5.10. The molecule has 0 aliphatic heterocycles. The Kier molecular flexibility index (Phi) is 4.16. The normalized spacial score (nSPS) is 11.3. The van der Waals surface area contributed by atoms with Crippen LogP contribution in [-0.2, 0) is 4.84 Å². The lowest BCUT2D eigenvalue weighted by molar-refractivity contribution is 0.159. The first-order chi connectivity index (χ1) is 7.19. The smallest absolute Gasteiger partial charge is 0.180 e. The van der Waals surface area contributed by atoms with Crippen LogP contribution in [0.25, 0.3) is 0 Å². The van der Waals surface area contributed by atoms with Gasteiger partial charge in [0.15, 0.2) is 7.11 Å². The summed E-state index contributed by atoms with van der Waals surface area (Å²) >= 11 is 0. The second-order valence-corrected chi connectivity index (χ2v) is 3.19. The first-order valence-corrected chi connectivity index (χ1v) is 4.83. The predicted octanol–water partition coefficient (Wildman–Crippen LogP) is 2.80. The minimum atomic E-state index is 0.570. The van der Waals surface area contributed by atoms with Gasteiger partial charge in [0.05, 0.1) is 5.71 Å². The van der Waals surface area contributed by atoms with E-state index < -0.39 is 0 Å². The topological polar surface area (TPSA) is 30.8 Å². The lowest BCUT2D eigenvalue weighted by Crippen LogP contribution is -1.97. The van der Waals surface area contributed by atoms with Gasteiger partial charge in [0, 0.05) is 0 Å². The summed E-state index contributed by atoms with van der Waals surface area (Å²) in [6, 6.07) is 5.67. The van der Waals surface area contributed by atoms with E-state index in [9.17, 15) is 0 Å². The van der Waals surface area contributed by atoms with Gasteiger partial charge in [0.2, 0.25) is 0 Å². The van der Waals surface area contributed by atoms with Crippen LogP contribution in [0.3, 0.4) is 0 Å². The van der Waals surface area contributed by atoms with Gasteiger partial charge in [-0.1, -0.05) is 5.16 Å². The van der Waals surface area contributed by atoms with Crippen molar-refractivity contribution < 1.29 is 9.57 Å². The molecule has 0 saturated carbocycles. The van der Waals surface area contributed by atoms with E-state index in [-0.39, 0.29) is 0 Å². The first kappa shape index (κ1) is 11.6. The Morgan fingerprint density at radius 2 is 2.20 bits per heavy atom. The molecule has 0 aliphatic carbocycles. The zero-order valence-electron chi connectivity index (χ0n) is 9.28. The van der Waals surface area contributed by atoms with Gasteiger partial charge in [0.25, 0.3) is 0 Å². The second kappa shape index (κ2) is 5.39. The van der Waals surface area contributed by atoms with Crippen molar-refractivity contribution in [3.05, 3.63) is 36.4 Å². The molecule has 0 saturated heterocycles. The van der Waals surface area contributed by atoms with E-state index in [1.165, 1.54) is 0 Å². The molecule has 0 unspecified atom stereocenters. The van der Waals surface area contributed by atoms with Crippen molar-refractivity contribution in [3.63, 3.8) is 0 Å². The Labute approximate surface area is 90.7 Å². The van der Waals surface area contributed by atoms with E-state index in [1.54, 1.807) is 0 Å². The maximum Gasteiger partial charge on any atom is 0.180 e. The van der Waals surface area contributed by atoms with E-state index in [4.69, 9.17) is 11.9 Å². The van der Waals surface area contributed by atoms with Crippen LogP contribution in [0.1, 0.15) is 25.0 Å². The molecule has 0 N–H and O–H groups in total. The average Bonchev–Trinajstić information content (AvgIpc) is 2.25. The lowest BCUT2D eigenvalue weighted by atomic mass is 10.1. The molecule has 3 nitrogen and oxygen atoms in total. The summed E-state index contributed by atoms with van der Waals surface area (Å²) in [6.07, 6.45) is 0. The Morgan fingerprint density at radius 3 is 2.73 bits per heavy atom. The number of ether oxygens (including phenoxy) is 1. The van der Waals surface area contributed by atoms with Gasteiger partial charge in [-0.25, -0.2) is 0 Å². The van der Waals surface area contributed by atoms with Crippen LogP contribution in [0.5, 0.6) is 5.75 Å². The second-order valence-electron chi connectivity index (χ2n) is 3.19. The molecule has 0 aliphatic rings. The van der Waals surface area contributed by atoms with Gasteiger partial charge in [-0.15, -0.1) is 0 Å². The van der Waals surface area contributed by atoms with Crippen molar-refractivity contribution in [2.24, 2.45) is 5.16 Å². The zero-order valence-corrected chi connectivity index (χ0v) is 9.28. The summed E-state index contributed by atoms with van der Waals surface area (Å²) < 4.78 is 4.69. The maximum absolute atomic E-state index is 5.10. The summed E-state index contributed by atoms with van der Waals surface area (Å²) in [4.78, 5) is 4.98. The average molecular weight is 205 g/mol. The van der Waals surface area contributed by atoms with Crippen molar-refractivity contribution in [2.45, 2.75) is 20.8 Å².